The van der Waals surface area contributed by atoms with Crippen LogP contribution in [0.15, 0.2) is 33.2 Å². The summed E-state index contributed by atoms with van der Waals surface area (Å²) in [5.74, 6) is 0. The number of furan rings is 1. The van der Waals surface area contributed by atoms with E-state index in [-0.39, 0.29) is 5.66 Å². The van der Waals surface area contributed by atoms with Gasteiger partial charge in [-0.3, -0.25) is 0 Å². The molecule has 13 heavy (non-hydrogen) atoms. The summed E-state index contributed by atoms with van der Waals surface area (Å²) in [6, 6.07) is 7.09. The molecule has 3 nitrogen and oxygen atoms in total. The fourth-order valence-corrected chi connectivity index (χ4v) is 1.49. The lowest BCUT2D eigenvalue weighted by molar-refractivity contribution is 0.412. The van der Waals surface area contributed by atoms with Crippen LogP contribution in [0.4, 0.5) is 0 Å². The molecule has 0 atom stereocenters. The van der Waals surface area contributed by atoms with Gasteiger partial charge in [0.1, 0.15) is 11.2 Å². The third-order valence-corrected chi connectivity index (χ3v) is 2.25. The number of benzene rings is 1. The van der Waals surface area contributed by atoms with E-state index in [4.69, 9.17) is 14.5 Å². The van der Waals surface area contributed by atoms with Gasteiger partial charge in [-0.25, -0.2) is 0 Å². The zero-order chi connectivity index (χ0) is 9.42. The summed E-state index contributed by atoms with van der Waals surface area (Å²) >= 11 is 3.29. The third-order valence-electron chi connectivity index (χ3n) is 1.76. The Labute approximate surface area is 83.3 Å². The minimum Gasteiger partial charge on any atom is -0.465 e. The minimum absolute atomic E-state index is 0.160. The molecule has 2 rings (SSSR count). The fraction of sp³-hybridized carbons (Fsp3) is 0. The average Bonchev–Trinajstić information content (AvgIpc) is 2.46. The van der Waals surface area contributed by atoms with Gasteiger partial charge in [-0.2, -0.15) is 0 Å². The highest BCUT2D eigenvalue weighted by Gasteiger charge is 2.16. The van der Waals surface area contributed by atoms with Gasteiger partial charge in [-0.05, 0) is 18.2 Å². The highest BCUT2D eigenvalue weighted by molar-refractivity contribution is 9.10. The Morgan fingerprint density at radius 2 is 2.00 bits per heavy atom. The molecule has 0 aliphatic carbocycles. The molecule has 0 amide bonds. The molecule has 0 aliphatic heterocycles. The standard InChI is InChI=1S/C8H6BBrO3/c10-6-2-1-5-3-8(9(11)12)13-7(5)4-6/h1-4,11-12H. The molecule has 5 heteroatoms. The first kappa shape index (κ1) is 8.81. The number of hydrogen-bond acceptors (Lipinski definition) is 3. The van der Waals surface area contributed by atoms with Crippen LogP contribution in [0.25, 0.3) is 11.0 Å². The number of hydrogen-bond donors (Lipinski definition) is 2. The van der Waals surface area contributed by atoms with E-state index in [0.29, 0.717) is 5.58 Å². The van der Waals surface area contributed by atoms with E-state index in [9.17, 15) is 0 Å². The van der Waals surface area contributed by atoms with Crippen molar-refractivity contribution in [1.82, 2.24) is 0 Å². The second-order valence-electron chi connectivity index (χ2n) is 2.70. The van der Waals surface area contributed by atoms with Crippen LogP contribution in [-0.2, 0) is 0 Å². The molecule has 1 heterocycles. The largest absolute Gasteiger partial charge is 0.526 e. The Morgan fingerprint density at radius 1 is 1.23 bits per heavy atom. The molecule has 2 aromatic rings. The first-order valence-electron chi connectivity index (χ1n) is 3.72. The summed E-state index contributed by atoms with van der Waals surface area (Å²) in [4.78, 5) is 0. The van der Waals surface area contributed by atoms with Crippen molar-refractivity contribution >= 4 is 39.7 Å². The summed E-state index contributed by atoms with van der Waals surface area (Å²) < 4.78 is 6.08. The van der Waals surface area contributed by atoms with Crippen molar-refractivity contribution < 1.29 is 14.5 Å². The van der Waals surface area contributed by atoms with E-state index in [2.05, 4.69) is 15.9 Å². The van der Waals surface area contributed by atoms with Gasteiger partial charge >= 0.3 is 7.12 Å². The predicted octanol–water partition coefficient (Wildman–Crippen LogP) is 0.875. The van der Waals surface area contributed by atoms with Crippen LogP contribution in [0.1, 0.15) is 0 Å². The van der Waals surface area contributed by atoms with E-state index >= 15 is 0 Å². The molecule has 2 N–H and O–H groups in total. The summed E-state index contributed by atoms with van der Waals surface area (Å²) in [6.45, 7) is 0. The molecule has 1 aromatic carbocycles. The quantitative estimate of drug-likeness (QED) is 0.728. The van der Waals surface area contributed by atoms with E-state index in [0.717, 1.165) is 9.86 Å². The lowest BCUT2D eigenvalue weighted by Crippen LogP contribution is -2.27. The first-order valence-corrected chi connectivity index (χ1v) is 4.51. The SMILES string of the molecule is OB(O)c1cc2ccc(Br)cc2o1. The van der Waals surface area contributed by atoms with Gasteiger partial charge in [-0.1, -0.05) is 22.0 Å². The van der Waals surface area contributed by atoms with Crippen LogP contribution < -0.4 is 5.66 Å². The van der Waals surface area contributed by atoms with Crippen LogP contribution in [0, 0.1) is 0 Å². The summed E-state index contributed by atoms with van der Waals surface area (Å²) in [5, 5.41) is 18.5. The highest BCUT2D eigenvalue weighted by Crippen LogP contribution is 2.19. The normalized spacial score (nSPS) is 10.7. The Bertz CT molecular complexity index is 438. The van der Waals surface area contributed by atoms with E-state index in [1.807, 2.05) is 12.1 Å². The molecule has 66 valence electrons. The first-order chi connectivity index (χ1) is 6.16. The summed E-state index contributed by atoms with van der Waals surface area (Å²) in [7, 11) is -1.55. The van der Waals surface area contributed by atoms with Crippen molar-refractivity contribution in [3.63, 3.8) is 0 Å². The second kappa shape index (κ2) is 3.18. The maximum absolute atomic E-state index is 8.84. The Kier molecular flexibility index (Phi) is 2.15. The zero-order valence-corrected chi connectivity index (χ0v) is 8.15. The fourth-order valence-electron chi connectivity index (χ4n) is 1.15. The van der Waals surface area contributed by atoms with Gasteiger partial charge < -0.3 is 14.5 Å². The van der Waals surface area contributed by atoms with Crippen molar-refractivity contribution in [1.29, 1.82) is 0 Å². The Hall–Kier alpha value is -0.775. The van der Waals surface area contributed by atoms with Gasteiger partial charge in [0.05, 0.1) is 0 Å². The second-order valence-corrected chi connectivity index (χ2v) is 3.62. The number of halogens is 1. The van der Waals surface area contributed by atoms with Crippen molar-refractivity contribution in [2.45, 2.75) is 0 Å². The zero-order valence-electron chi connectivity index (χ0n) is 6.57. The monoisotopic (exact) mass is 240 g/mol. The van der Waals surface area contributed by atoms with E-state index < -0.39 is 7.12 Å². The van der Waals surface area contributed by atoms with Gasteiger partial charge in [0, 0.05) is 9.86 Å². The third kappa shape index (κ3) is 1.63. The number of fused-ring (bicyclic) bond motifs is 1. The summed E-state index contributed by atoms with van der Waals surface area (Å²) in [5.41, 5.74) is 0.797. The van der Waals surface area contributed by atoms with Crippen molar-refractivity contribution in [2.75, 3.05) is 0 Å². The van der Waals surface area contributed by atoms with Crippen molar-refractivity contribution in [3.05, 3.63) is 28.7 Å². The van der Waals surface area contributed by atoms with Gasteiger partial charge in [-0.15, -0.1) is 0 Å². The highest BCUT2D eigenvalue weighted by atomic mass is 79.9. The van der Waals surface area contributed by atoms with Crippen LogP contribution in [0.5, 0.6) is 0 Å². The van der Waals surface area contributed by atoms with E-state index in [1.165, 1.54) is 0 Å². The predicted molar refractivity (Wildman–Crippen MR) is 53.7 cm³/mol. The minimum atomic E-state index is -1.55. The molecular weight excluding hydrogens is 235 g/mol. The Balaban J connectivity index is 2.62. The summed E-state index contributed by atoms with van der Waals surface area (Å²) in [6.07, 6.45) is 0. The van der Waals surface area contributed by atoms with Crippen molar-refractivity contribution in [3.8, 4) is 0 Å². The van der Waals surface area contributed by atoms with Crippen LogP contribution in [-0.4, -0.2) is 17.2 Å². The number of rotatable bonds is 1. The van der Waals surface area contributed by atoms with Gasteiger partial charge in [0.25, 0.3) is 0 Å². The molecule has 0 radical (unpaired) electrons. The van der Waals surface area contributed by atoms with Crippen LogP contribution >= 0.6 is 15.9 Å². The molecule has 0 unspecified atom stereocenters. The molecule has 0 saturated heterocycles. The average molecular weight is 241 g/mol. The molecule has 0 aliphatic rings. The molecular formula is C8H6BBrO3. The molecule has 0 bridgehead atoms. The smallest absolute Gasteiger partial charge is 0.465 e. The lowest BCUT2D eigenvalue weighted by atomic mass is 9.88. The lowest BCUT2D eigenvalue weighted by Gasteiger charge is -1.89. The van der Waals surface area contributed by atoms with Gasteiger partial charge in [0.2, 0.25) is 0 Å². The van der Waals surface area contributed by atoms with Gasteiger partial charge in [0.15, 0.2) is 0 Å². The van der Waals surface area contributed by atoms with Crippen LogP contribution in [0.2, 0.25) is 0 Å². The van der Waals surface area contributed by atoms with Crippen LogP contribution in [0.3, 0.4) is 0 Å². The maximum Gasteiger partial charge on any atom is 0.526 e. The van der Waals surface area contributed by atoms with Crippen molar-refractivity contribution in [2.24, 2.45) is 0 Å². The molecule has 0 spiro atoms. The molecule has 0 fully saturated rings. The molecule has 1 aromatic heterocycles. The molecule has 0 saturated carbocycles. The van der Waals surface area contributed by atoms with E-state index in [1.54, 1.807) is 12.1 Å². The maximum atomic E-state index is 8.84. The topological polar surface area (TPSA) is 53.6 Å². The Morgan fingerprint density at radius 3 is 2.69 bits per heavy atom.